The van der Waals surface area contributed by atoms with Crippen molar-refractivity contribution < 1.29 is 0 Å². The van der Waals surface area contributed by atoms with E-state index in [0.717, 1.165) is 0 Å². The second-order valence-corrected chi connectivity index (χ2v) is 4.92. The maximum atomic E-state index is 4.14. The predicted molar refractivity (Wildman–Crippen MR) is 72.2 cm³/mol. The van der Waals surface area contributed by atoms with Crippen molar-refractivity contribution in [1.29, 1.82) is 0 Å². The largest absolute Gasteiger partial charge is 0.382 e. The molecule has 0 atom stereocenters. The van der Waals surface area contributed by atoms with Crippen molar-refractivity contribution in [2.75, 3.05) is 5.32 Å². The second-order valence-electron chi connectivity index (χ2n) is 4.92. The van der Waals surface area contributed by atoms with E-state index in [1.165, 1.54) is 48.6 Å². The van der Waals surface area contributed by atoms with Crippen molar-refractivity contribution in [1.82, 2.24) is 4.98 Å². The van der Waals surface area contributed by atoms with E-state index in [-0.39, 0.29) is 0 Å². The van der Waals surface area contributed by atoms with Crippen LogP contribution in [0.5, 0.6) is 0 Å². The number of benzene rings is 1. The topological polar surface area (TPSA) is 24.9 Å². The fourth-order valence-corrected chi connectivity index (χ4v) is 2.66. The minimum absolute atomic E-state index is 0.669. The molecule has 88 valence electrons. The molecule has 1 fully saturated rings. The van der Waals surface area contributed by atoms with Crippen LogP contribution in [0.3, 0.4) is 0 Å². The average molecular weight is 226 g/mol. The van der Waals surface area contributed by atoms with Crippen LogP contribution in [0.1, 0.15) is 32.1 Å². The van der Waals surface area contributed by atoms with Crippen LogP contribution in [-0.4, -0.2) is 11.0 Å². The SMILES string of the molecule is c1cc2cc(NC3CCCCC3)ccc2cn1. The van der Waals surface area contributed by atoms with E-state index in [1.807, 2.05) is 12.4 Å². The summed E-state index contributed by atoms with van der Waals surface area (Å²) >= 11 is 0. The minimum Gasteiger partial charge on any atom is -0.382 e. The van der Waals surface area contributed by atoms with Crippen LogP contribution in [0.4, 0.5) is 5.69 Å². The smallest absolute Gasteiger partial charge is 0.0348 e. The summed E-state index contributed by atoms with van der Waals surface area (Å²) in [7, 11) is 0. The van der Waals surface area contributed by atoms with E-state index < -0.39 is 0 Å². The molecule has 2 heteroatoms. The van der Waals surface area contributed by atoms with Crippen LogP contribution < -0.4 is 5.32 Å². The van der Waals surface area contributed by atoms with Crippen molar-refractivity contribution in [3.05, 3.63) is 36.7 Å². The fraction of sp³-hybridized carbons (Fsp3) is 0.400. The Balaban J connectivity index is 1.80. The van der Waals surface area contributed by atoms with Crippen LogP contribution in [0.2, 0.25) is 0 Å². The van der Waals surface area contributed by atoms with E-state index in [2.05, 4.69) is 34.6 Å². The monoisotopic (exact) mass is 226 g/mol. The second kappa shape index (κ2) is 4.74. The van der Waals surface area contributed by atoms with Gasteiger partial charge in [0.05, 0.1) is 0 Å². The zero-order valence-electron chi connectivity index (χ0n) is 10.0. The van der Waals surface area contributed by atoms with Gasteiger partial charge in [0.2, 0.25) is 0 Å². The van der Waals surface area contributed by atoms with E-state index in [9.17, 15) is 0 Å². The lowest BCUT2D eigenvalue weighted by atomic mass is 9.95. The normalized spacial score (nSPS) is 17.2. The Labute approximate surface area is 102 Å². The number of nitrogens with one attached hydrogen (secondary N) is 1. The van der Waals surface area contributed by atoms with Gasteiger partial charge >= 0.3 is 0 Å². The van der Waals surface area contributed by atoms with Crippen molar-refractivity contribution >= 4 is 16.5 Å². The van der Waals surface area contributed by atoms with Crippen LogP contribution in [-0.2, 0) is 0 Å². The zero-order chi connectivity index (χ0) is 11.5. The molecule has 17 heavy (non-hydrogen) atoms. The third kappa shape index (κ3) is 2.41. The Morgan fingerprint density at radius 2 is 1.88 bits per heavy atom. The third-order valence-electron chi connectivity index (χ3n) is 3.62. The molecular formula is C15H18N2. The van der Waals surface area contributed by atoms with Gasteiger partial charge in [0.25, 0.3) is 0 Å². The van der Waals surface area contributed by atoms with E-state index >= 15 is 0 Å². The molecule has 1 heterocycles. The maximum absolute atomic E-state index is 4.14. The Morgan fingerprint density at radius 3 is 2.76 bits per heavy atom. The van der Waals surface area contributed by atoms with Crippen molar-refractivity contribution in [2.24, 2.45) is 0 Å². The number of hydrogen-bond acceptors (Lipinski definition) is 2. The van der Waals surface area contributed by atoms with Gasteiger partial charge in [-0.1, -0.05) is 25.3 Å². The van der Waals surface area contributed by atoms with Crippen molar-refractivity contribution in [3.8, 4) is 0 Å². The highest BCUT2D eigenvalue weighted by Crippen LogP contribution is 2.23. The first-order valence-electron chi connectivity index (χ1n) is 6.52. The lowest BCUT2D eigenvalue weighted by Gasteiger charge is -2.24. The Bertz CT molecular complexity index is 501. The van der Waals surface area contributed by atoms with Crippen LogP contribution in [0.15, 0.2) is 36.7 Å². The molecule has 3 rings (SSSR count). The summed E-state index contributed by atoms with van der Waals surface area (Å²) < 4.78 is 0. The fourth-order valence-electron chi connectivity index (χ4n) is 2.66. The number of anilines is 1. The molecule has 2 nitrogen and oxygen atoms in total. The molecule has 0 unspecified atom stereocenters. The summed E-state index contributed by atoms with van der Waals surface area (Å²) in [6.07, 6.45) is 10.5. The summed E-state index contributed by atoms with van der Waals surface area (Å²) in [5.74, 6) is 0. The van der Waals surface area contributed by atoms with Gasteiger partial charge in [0.1, 0.15) is 0 Å². The van der Waals surface area contributed by atoms with Crippen LogP contribution >= 0.6 is 0 Å². The maximum Gasteiger partial charge on any atom is 0.0348 e. The lowest BCUT2D eigenvalue weighted by molar-refractivity contribution is 0.463. The van der Waals surface area contributed by atoms with Crippen molar-refractivity contribution in [2.45, 2.75) is 38.1 Å². The van der Waals surface area contributed by atoms with Crippen LogP contribution in [0.25, 0.3) is 10.8 Å². The van der Waals surface area contributed by atoms with Gasteiger partial charge in [-0.05, 0) is 36.4 Å². The molecular weight excluding hydrogens is 208 g/mol. The standard InChI is InChI=1S/C15H18N2/c1-2-4-14(5-3-1)17-15-7-6-13-11-16-9-8-12(13)10-15/h6-11,14,17H,1-5H2. The molecule has 0 spiro atoms. The van der Waals surface area contributed by atoms with Gasteiger partial charge in [-0.15, -0.1) is 0 Å². The predicted octanol–water partition coefficient (Wildman–Crippen LogP) is 3.98. The van der Waals surface area contributed by atoms with Crippen LogP contribution in [0, 0.1) is 0 Å². The third-order valence-corrected chi connectivity index (χ3v) is 3.62. The molecule has 1 aromatic carbocycles. The van der Waals surface area contributed by atoms with Gasteiger partial charge in [-0.3, -0.25) is 4.98 Å². The number of rotatable bonds is 2. The highest BCUT2D eigenvalue weighted by atomic mass is 14.9. The molecule has 2 aromatic rings. The van der Waals surface area contributed by atoms with Gasteiger partial charge in [-0.25, -0.2) is 0 Å². The number of pyridine rings is 1. The van der Waals surface area contributed by atoms with Crippen molar-refractivity contribution in [3.63, 3.8) is 0 Å². The summed E-state index contributed by atoms with van der Waals surface area (Å²) in [5.41, 5.74) is 1.25. The average Bonchev–Trinajstić information content (AvgIpc) is 2.40. The number of aromatic nitrogens is 1. The molecule has 0 aliphatic heterocycles. The van der Waals surface area contributed by atoms with E-state index in [0.29, 0.717) is 6.04 Å². The van der Waals surface area contributed by atoms with Gasteiger partial charge in [0.15, 0.2) is 0 Å². The first-order valence-corrected chi connectivity index (χ1v) is 6.52. The Hall–Kier alpha value is -1.57. The quantitative estimate of drug-likeness (QED) is 0.837. The minimum atomic E-state index is 0.669. The Morgan fingerprint density at radius 1 is 1.00 bits per heavy atom. The molecule has 0 amide bonds. The van der Waals surface area contributed by atoms with Gasteiger partial charge in [0, 0.05) is 29.5 Å². The molecule has 0 bridgehead atoms. The molecule has 0 radical (unpaired) electrons. The summed E-state index contributed by atoms with van der Waals surface area (Å²) in [6.45, 7) is 0. The number of nitrogens with zero attached hydrogens (tertiary/aromatic N) is 1. The van der Waals surface area contributed by atoms with Gasteiger partial charge < -0.3 is 5.32 Å². The summed E-state index contributed by atoms with van der Waals surface area (Å²) in [5, 5.41) is 6.13. The highest BCUT2D eigenvalue weighted by Gasteiger charge is 2.12. The summed E-state index contributed by atoms with van der Waals surface area (Å²) in [6, 6.07) is 9.28. The van der Waals surface area contributed by atoms with Gasteiger partial charge in [-0.2, -0.15) is 0 Å². The zero-order valence-corrected chi connectivity index (χ0v) is 10.0. The van der Waals surface area contributed by atoms with E-state index in [4.69, 9.17) is 0 Å². The Kier molecular flexibility index (Phi) is 2.95. The molecule has 1 N–H and O–H groups in total. The van der Waals surface area contributed by atoms with E-state index in [1.54, 1.807) is 0 Å². The molecule has 1 saturated carbocycles. The molecule has 1 aliphatic carbocycles. The highest BCUT2D eigenvalue weighted by molar-refractivity contribution is 5.84. The first-order chi connectivity index (χ1) is 8.42. The number of hydrogen-bond donors (Lipinski definition) is 1. The lowest BCUT2D eigenvalue weighted by Crippen LogP contribution is -2.22. The molecule has 1 aromatic heterocycles. The molecule has 1 aliphatic rings. The summed E-state index contributed by atoms with van der Waals surface area (Å²) in [4.78, 5) is 4.14. The number of fused-ring (bicyclic) bond motifs is 1. The molecule has 0 saturated heterocycles. The first kappa shape index (κ1) is 10.6.